The van der Waals surface area contributed by atoms with Crippen molar-refractivity contribution in [1.29, 1.82) is 0 Å². The Morgan fingerprint density at radius 2 is 1.97 bits per heavy atom. The maximum absolute atomic E-state index is 13.0. The lowest BCUT2D eigenvalue weighted by Crippen LogP contribution is -2.43. The van der Waals surface area contributed by atoms with Crippen LogP contribution >= 0.6 is 11.6 Å². The summed E-state index contributed by atoms with van der Waals surface area (Å²) in [7, 11) is 0. The quantitative estimate of drug-likeness (QED) is 0.617. The number of pyridine rings is 1. The van der Waals surface area contributed by atoms with E-state index in [4.69, 9.17) is 16.3 Å². The lowest BCUT2D eigenvalue weighted by Gasteiger charge is -2.30. The zero-order valence-corrected chi connectivity index (χ0v) is 21.3. The Kier molecular flexibility index (Phi) is 6.64. The molecule has 0 bridgehead atoms. The minimum absolute atomic E-state index is 0.0918. The zero-order valence-electron chi connectivity index (χ0n) is 20.6. The molecule has 9 heteroatoms. The smallest absolute Gasteiger partial charge is 0.407 e. The van der Waals surface area contributed by atoms with E-state index in [1.807, 2.05) is 33.0 Å². The number of fused-ring (bicyclic) bond motifs is 1. The first-order valence-corrected chi connectivity index (χ1v) is 12.3. The first-order chi connectivity index (χ1) is 15.9. The van der Waals surface area contributed by atoms with Gasteiger partial charge < -0.3 is 19.9 Å². The second-order valence-electron chi connectivity index (χ2n) is 11.2. The summed E-state index contributed by atoms with van der Waals surface area (Å²) in [5, 5.41) is 6.38. The highest BCUT2D eigenvalue weighted by atomic mass is 35.5. The van der Waals surface area contributed by atoms with Crippen LogP contribution < -0.4 is 10.6 Å². The van der Waals surface area contributed by atoms with Crippen molar-refractivity contribution in [2.75, 3.05) is 5.32 Å². The fraction of sp³-hybridized carbons (Fsp3) is 0.600. The normalized spacial score (nSPS) is 21.6. The summed E-state index contributed by atoms with van der Waals surface area (Å²) in [4.78, 5) is 34.1. The Hall–Kier alpha value is -2.61. The molecule has 0 unspecified atom stereocenters. The number of amides is 2. The third kappa shape index (κ3) is 5.71. The summed E-state index contributed by atoms with van der Waals surface area (Å²) in [5.41, 5.74) is 1.33. The predicted molar refractivity (Wildman–Crippen MR) is 132 cm³/mol. The number of aromatic nitrogens is 3. The summed E-state index contributed by atoms with van der Waals surface area (Å²) < 4.78 is 7.55. The molecule has 2 atom stereocenters. The number of hydrogen-bond acceptors (Lipinski definition) is 5. The van der Waals surface area contributed by atoms with E-state index in [-0.39, 0.29) is 23.3 Å². The van der Waals surface area contributed by atoms with Gasteiger partial charge in [0, 0.05) is 36.7 Å². The molecule has 0 aromatic carbocycles. The molecule has 2 aromatic rings. The molecule has 1 saturated carbocycles. The molecule has 0 spiro atoms. The van der Waals surface area contributed by atoms with Gasteiger partial charge in [-0.05, 0) is 51.5 Å². The molecule has 1 aliphatic heterocycles. The van der Waals surface area contributed by atoms with E-state index >= 15 is 0 Å². The largest absolute Gasteiger partial charge is 0.444 e. The highest BCUT2D eigenvalue weighted by Crippen LogP contribution is 2.37. The molecule has 4 rings (SSSR count). The molecule has 0 saturated heterocycles. The van der Waals surface area contributed by atoms with Crippen LogP contribution in [0.1, 0.15) is 66.1 Å². The number of carbonyl (C=O) groups is 2. The summed E-state index contributed by atoms with van der Waals surface area (Å²) in [5.74, 6) is 1.19. The van der Waals surface area contributed by atoms with Crippen LogP contribution in [-0.4, -0.2) is 38.2 Å². The van der Waals surface area contributed by atoms with E-state index in [1.165, 1.54) is 0 Å². The van der Waals surface area contributed by atoms with Crippen molar-refractivity contribution >= 4 is 29.4 Å². The van der Waals surface area contributed by atoms with Crippen molar-refractivity contribution < 1.29 is 14.3 Å². The average Bonchev–Trinajstić information content (AvgIpc) is 3.23. The van der Waals surface area contributed by atoms with E-state index in [1.54, 1.807) is 6.20 Å². The molecular weight excluding hydrogens is 454 g/mol. The molecule has 2 N–H and O–H groups in total. The van der Waals surface area contributed by atoms with Crippen LogP contribution in [0.2, 0.25) is 5.02 Å². The van der Waals surface area contributed by atoms with E-state index in [9.17, 15) is 9.59 Å². The summed E-state index contributed by atoms with van der Waals surface area (Å²) in [6.45, 7) is 10.8. The molecule has 8 nitrogen and oxygen atoms in total. The lowest BCUT2D eigenvalue weighted by atomic mass is 9.85. The standard InChI is InChI=1S/C25H34ClN5O3/c1-24(2,3)34-23(33)29-16-8-6-7-15(9-16)22(32)30-20-10-17(18(26)12-27-20)19-13-28-21-11-25(4,5)14-31(19)21/h10,12-13,15-16H,6-9,11,14H2,1-5H3,(H,29,33)(H,27,30,32)/t15-,16+/m0/s1. The van der Waals surface area contributed by atoms with Crippen LogP contribution in [0.3, 0.4) is 0 Å². The van der Waals surface area contributed by atoms with Crippen molar-refractivity contribution in [3.05, 3.63) is 29.3 Å². The molecule has 1 fully saturated rings. The third-order valence-corrected chi connectivity index (χ3v) is 6.61. The molecule has 34 heavy (non-hydrogen) atoms. The van der Waals surface area contributed by atoms with Gasteiger partial charge in [0.15, 0.2) is 0 Å². The average molecular weight is 488 g/mol. The van der Waals surface area contributed by atoms with Crippen molar-refractivity contribution in [2.24, 2.45) is 11.3 Å². The molecular formula is C25H34ClN5O3. The van der Waals surface area contributed by atoms with Crippen LogP contribution in [0, 0.1) is 11.3 Å². The van der Waals surface area contributed by atoms with Gasteiger partial charge in [-0.1, -0.05) is 31.9 Å². The van der Waals surface area contributed by atoms with Gasteiger partial charge in [-0.3, -0.25) is 4.79 Å². The first kappa shape index (κ1) is 24.5. The number of rotatable bonds is 4. The van der Waals surface area contributed by atoms with Crippen LogP contribution in [-0.2, 0) is 22.5 Å². The van der Waals surface area contributed by atoms with Crippen molar-refractivity contribution in [3.63, 3.8) is 0 Å². The molecule has 2 aliphatic rings. The minimum Gasteiger partial charge on any atom is -0.444 e. The maximum Gasteiger partial charge on any atom is 0.407 e. The predicted octanol–water partition coefficient (Wildman–Crippen LogP) is 5.20. The van der Waals surface area contributed by atoms with Crippen LogP contribution in [0.15, 0.2) is 18.5 Å². The SMILES string of the molecule is CC1(C)Cc2ncc(-c3cc(NC(=O)[C@H]4CCC[C@@H](NC(=O)OC(C)(C)C)C4)ncc3Cl)n2C1. The van der Waals surface area contributed by atoms with Gasteiger partial charge in [0.05, 0.1) is 16.9 Å². The number of ether oxygens (including phenoxy) is 1. The first-order valence-electron chi connectivity index (χ1n) is 11.9. The van der Waals surface area contributed by atoms with Gasteiger partial charge >= 0.3 is 6.09 Å². The zero-order chi connectivity index (χ0) is 24.7. The van der Waals surface area contributed by atoms with E-state index in [2.05, 4.69) is 39.0 Å². The number of anilines is 1. The Balaban J connectivity index is 1.43. The summed E-state index contributed by atoms with van der Waals surface area (Å²) in [6.07, 6.45) is 6.90. The number of halogens is 1. The molecule has 0 radical (unpaired) electrons. The Morgan fingerprint density at radius 3 is 2.71 bits per heavy atom. The Bertz CT molecular complexity index is 1090. The number of imidazole rings is 1. The monoisotopic (exact) mass is 487 g/mol. The number of hydrogen-bond donors (Lipinski definition) is 2. The van der Waals surface area contributed by atoms with Gasteiger partial charge in [0.1, 0.15) is 17.2 Å². The van der Waals surface area contributed by atoms with Crippen LogP contribution in [0.25, 0.3) is 11.3 Å². The van der Waals surface area contributed by atoms with Crippen molar-refractivity contribution in [1.82, 2.24) is 19.9 Å². The highest BCUT2D eigenvalue weighted by Gasteiger charge is 2.32. The Morgan fingerprint density at radius 1 is 1.21 bits per heavy atom. The molecule has 2 aromatic heterocycles. The topological polar surface area (TPSA) is 98.1 Å². The van der Waals surface area contributed by atoms with Crippen LogP contribution in [0.5, 0.6) is 0 Å². The number of alkyl carbamates (subject to hydrolysis) is 1. The van der Waals surface area contributed by atoms with Gasteiger partial charge in [-0.25, -0.2) is 14.8 Å². The van der Waals surface area contributed by atoms with E-state index < -0.39 is 11.7 Å². The van der Waals surface area contributed by atoms with Crippen LogP contribution in [0.4, 0.5) is 10.6 Å². The molecule has 1 aliphatic carbocycles. The van der Waals surface area contributed by atoms with Gasteiger partial charge in [-0.2, -0.15) is 0 Å². The third-order valence-electron chi connectivity index (χ3n) is 6.31. The summed E-state index contributed by atoms with van der Waals surface area (Å²) >= 11 is 6.49. The van der Waals surface area contributed by atoms with E-state index in [0.717, 1.165) is 49.3 Å². The van der Waals surface area contributed by atoms with Crippen molar-refractivity contribution in [2.45, 2.75) is 84.9 Å². The summed E-state index contributed by atoms with van der Waals surface area (Å²) in [6, 6.07) is 1.72. The second kappa shape index (κ2) is 9.21. The lowest BCUT2D eigenvalue weighted by molar-refractivity contribution is -0.121. The van der Waals surface area contributed by atoms with Gasteiger partial charge in [0.25, 0.3) is 0 Å². The molecule has 184 valence electrons. The second-order valence-corrected chi connectivity index (χ2v) is 11.6. The van der Waals surface area contributed by atoms with Crippen molar-refractivity contribution in [3.8, 4) is 11.3 Å². The van der Waals surface area contributed by atoms with Gasteiger partial charge in [-0.15, -0.1) is 0 Å². The fourth-order valence-electron chi connectivity index (χ4n) is 4.82. The number of nitrogens with one attached hydrogen (secondary N) is 2. The molecule has 3 heterocycles. The van der Waals surface area contributed by atoms with Gasteiger partial charge in [0.2, 0.25) is 5.91 Å². The number of carbonyl (C=O) groups excluding carboxylic acids is 2. The van der Waals surface area contributed by atoms with E-state index in [0.29, 0.717) is 17.3 Å². The highest BCUT2D eigenvalue weighted by molar-refractivity contribution is 6.33. The minimum atomic E-state index is -0.557. The molecule has 2 amide bonds. The Labute approximate surface area is 205 Å². The maximum atomic E-state index is 13.0. The fourth-order valence-corrected chi connectivity index (χ4v) is 5.02. The number of nitrogens with zero attached hydrogens (tertiary/aromatic N) is 3.